The van der Waals surface area contributed by atoms with E-state index in [4.69, 9.17) is 0 Å². The molecule has 6 heteroatoms. The van der Waals surface area contributed by atoms with Gasteiger partial charge in [-0.25, -0.2) is 8.78 Å². The van der Waals surface area contributed by atoms with Gasteiger partial charge in [-0.1, -0.05) is 12.5 Å². The Bertz CT molecular complexity index is 444. The van der Waals surface area contributed by atoms with Crippen molar-refractivity contribution in [2.75, 3.05) is 6.54 Å². The Kier molecular flexibility index (Phi) is 6.36. The topological polar surface area (TPSA) is 41.1 Å². The maximum atomic E-state index is 13.6. The number of carbonyl (C=O) groups is 1. The molecule has 1 aromatic carbocycles. The van der Waals surface area contributed by atoms with Gasteiger partial charge in [0.15, 0.2) is 0 Å². The van der Waals surface area contributed by atoms with Crippen LogP contribution >= 0.6 is 12.4 Å². The largest absolute Gasteiger partial charge is 0.348 e. The highest BCUT2D eigenvalue weighted by molar-refractivity contribution is 5.85. The quantitative estimate of drug-likeness (QED) is 0.901. The average Bonchev–Trinajstić information content (AvgIpc) is 2.39. The van der Waals surface area contributed by atoms with Crippen molar-refractivity contribution in [2.24, 2.45) is 0 Å². The second kappa shape index (κ2) is 7.55. The van der Waals surface area contributed by atoms with Crippen LogP contribution in [-0.4, -0.2) is 18.5 Å². The number of rotatable bonds is 3. The molecule has 1 fully saturated rings. The van der Waals surface area contributed by atoms with Crippen LogP contribution in [0.15, 0.2) is 18.2 Å². The van der Waals surface area contributed by atoms with Crippen LogP contribution < -0.4 is 10.6 Å². The molecule has 0 aromatic heterocycles. The summed E-state index contributed by atoms with van der Waals surface area (Å²) < 4.78 is 27.2. The lowest BCUT2D eigenvalue weighted by Crippen LogP contribution is -2.47. The van der Waals surface area contributed by atoms with E-state index in [-0.39, 0.29) is 29.9 Å². The summed E-state index contributed by atoms with van der Waals surface area (Å²) in [5.41, 5.74) is -0.0911. The van der Waals surface area contributed by atoms with Crippen LogP contribution in [0, 0.1) is 11.6 Å². The minimum Gasteiger partial charge on any atom is -0.348 e. The predicted molar refractivity (Wildman–Crippen MR) is 75.8 cm³/mol. The number of hydrogen-bond donors (Lipinski definition) is 2. The summed E-state index contributed by atoms with van der Waals surface area (Å²) in [5, 5.41) is 5.77. The van der Waals surface area contributed by atoms with Gasteiger partial charge in [0, 0.05) is 5.56 Å². The Morgan fingerprint density at radius 3 is 2.55 bits per heavy atom. The zero-order valence-electron chi connectivity index (χ0n) is 11.3. The number of hydrogen-bond acceptors (Lipinski definition) is 2. The van der Waals surface area contributed by atoms with Gasteiger partial charge < -0.3 is 10.6 Å². The molecule has 1 heterocycles. The van der Waals surface area contributed by atoms with E-state index in [9.17, 15) is 13.6 Å². The molecule has 1 saturated heterocycles. The third-order valence-corrected chi connectivity index (χ3v) is 3.42. The van der Waals surface area contributed by atoms with E-state index >= 15 is 0 Å². The lowest BCUT2D eigenvalue weighted by molar-refractivity contribution is -0.124. The molecule has 0 spiro atoms. The molecular weight excluding hydrogens is 286 g/mol. The van der Waals surface area contributed by atoms with Gasteiger partial charge >= 0.3 is 0 Å². The summed E-state index contributed by atoms with van der Waals surface area (Å²) in [5.74, 6) is -1.47. The fraction of sp³-hybridized carbons (Fsp3) is 0.500. The fourth-order valence-electron chi connectivity index (χ4n) is 2.39. The van der Waals surface area contributed by atoms with Crippen LogP contribution in [0.3, 0.4) is 0 Å². The van der Waals surface area contributed by atoms with E-state index in [1.165, 1.54) is 18.2 Å². The Balaban J connectivity index is 0.00000200. The zero-order valence-corrected chi connectivity index (χ0v) is 12.1. The van der Waals surface area contributed by atoms with Crippen molar-refractivity contribution >= 4 is 18.3 Å². The van der Waals surface area contributed by atoms with Gasteiger partial charge in [-0.3, -0.25) is 4.79 Å². The second-order valence-electron chi connectivity index (χ2n) is 4.87. The highest BCUT2D eigenvalue weighted by Crippen LogP contribution is 2.20. The molecular formula is C14H19ClF2N2O. The fourth-order valence-corrected chi connectivity index (χ4v) is 2.39. The van der Waals surface area contributed by atoms with E-state index in [0.29, 0.717) is 0 Å². The molecule has 1 unspecified atom stereocenters. The maximum Gasteiger partial charge on any atom is 0.237 e. The maximum absolute atomic E-state index is 13.6. The number of benzene rings is 1. The SMILES string of the molecule is CC(NC(=O)[C@H]1CCCCN1)c1c(F)cccc1F.Cl. The summed E-state index contributed by atoms with van der Waals surface area (Å²) in [6, 6.07) is 2.76. The van der Waals surface area contributed by atoms with Gasteiger partial charge in [0.2, 0.25) is 5.91 Å². The second-order valence-corrected chi connectivity index (χ2v) is 4.87. The normalized spacial score (nSPS) is 19.9. The van der Waals surface area contributed by atoms with Crippen molar-refractivity contribution in [3.05, 3.63) is 35.4 Å². The molecule has 0 aliphatic carbocycles. The molecule has 1 aliphatic rings. The number of piperidine rings is 1. The molecule has 2 rings (SSSR count). The van der Waals surface area contributed by atoms with E-state index in [1.54, 1.807) is 6.92 Å². The van der Waals surface area contributed by atoms with Crippen LogP contribution in [0.2, 0.25) is 0 Å². The number of nitrogens with one attached hydrogen (secondary N) is 2. The van der Waals surface area contributed by atoms with Crippen LogP contribution in [0.1, 0.15) is 37.8 Å². The molecule has 20 heavy (non-hydrogen) atoms. The van der Waals surface area contributed by atoms with E-state index < -0.39 is 17.7 Å². The summed E-state index contributed by atoms with van der Waals surface area (Å²) >= 11 is 0. The predicted octanol–water partition coefficient (Wildman–Crippen LogP) is 2.71. The minimum absolute atomic E-state index is 0. The van der Waals surface area contributed by atoms with Gasteiger partial charge in [0.1, 0.15) is 11.6 Å². The van der Waals surface area contributed by atoms with Gasteiger partial charge in [-0.05, 0) is 38.4 Å². The zero-order chi connectivity index (χ0) is 13.8. The van der Waals surface area contributed by atoms with Crippen molar-refractivity contribution < 1.29 is 13.6 Å². The lowest BCUT2D eigenvalue weighted by Gasteiger charge is -2.25. The molecule has 2 atom stereocenters. The third-order valence-electron chi connectivity index (χ3n) is 3.42. The molecule has 0 radical (unpaired) electrons. The standard InChI is InChI=1S/C14H18F2N2O.ClH/c1-9(13-10(15)5-4-6-11(13)16)18-14(19)12-7-2-3-8-17-12;/h4-6,9,12,17H,2-3,7-8H2,1H3,(H,18,19);1H/t9?,12-;/m1./s1. The van der Waals surface area contributed by atoms with E-state index in [2.05, 4.69) is 10.6 Å². The van der Waals surface area contributed by atoms with Crippen molar-refractivity contribution in [1.82, 2.24) is 10.6 Å². The Hall–Kier alpha value is -1.20. The van der Waals surface area contributed by atoms with Crippen LogP contribution in [0.4, 0.5) is 8.78 Å². The summed E-state index contributed by atoms with van der Waals surface area (Å²) in [6.45, 7) is 2.39. The van der Waals surface area contributed by atoms with Gasteiger partial charge in [0.05, 0.1) is 12.1 Å². The number of carbonyl (C=O) groups excluding carboxylic acids is 1. The Labute approximate surface area is 123 Å². The lowest BCUT2D eigenvalue weighted by atomic mass is 10.0. The Morgan fingerprint density at radius 1 is 1.35 bits per heavy atom. The molecule has 0 bridgehead atoms. The first-order valence-corrected chi connectivity index (χ1v) is 6.57. The highest BCUT2D eigenvalue weighted by atomic mass is 35.5. The van der Waals surface area contributed by atoms with Crippen molar-refractivity contribution in [3.8, 4) is 0 Å². The molecule has 2 N–H and O–H groups in total. The molecule has 1 aromatic rings. The van der Waals surface area contributed by atoms with Crippen LogP contribution in [-0.2, 0) is 4.79 Å². The molecule has 1 aliphatic heterocycles. The first-order chi connectivity index (χ1) is 9.09. The number of halogens is 3. The van der Waals surface area contributed by atoms with Gasteiger partial charge in [0.25, 0.3) is 0 Å². The molecule has 3 nitrogen and oxygen atoms in total. The van der Waals surface area contributed by atoms with Gasteiger partial charge in [-0.15, -0.1) is 12.4 Å². The number of amides is 1. The minimum atomic E-state index is -0.683. The van der Waals surface area contributed by atoms with Crippen molar-refractivity contribution in [2.45, 2.75) is 38.3 Å². The van der Waals surface area contributed by atoms with E-state index in [1.807, 2.05) is 0 Å². The molecule has 1 amide bonds. The summed E-state index contributed by atoms with van der Waals surface area (Å²) in [6.07, 6.45) is 2.81. The van der Waals surface area contributed by atoms with Gasteiger partial charge in [-0.2, -0.15) is 0 Å². The Morgan fingerprint density at radius 2 is 2.00 bits per heavy atom. The van der Waals surface area contributed by atoms with Crippen molar-refractivity contribution in [1.29, 1.82) is 0 Å². The summed E-state index contributed by atoms with van der Waals surface area (Å²) in [4.78, 5) is 12.0. The first-order valence-electron chi connectivity index (χ1n) is 6.57. The molecule has 0 saturated carbocycles. The molecule has 112 valence electrons. The average molecular weight is 305 g/mol. The van der Waals surface area contributed by atoms with E-state index in [0.717, 1.165) is 25.8 Å². The third kappa shape index (κ3) is 3.90. The van der Waals surface area contributed by atoms with Crippen molar-refractivity contribution in [3.63, 3.8) is 0 Å². The highest BCUT2D eigenvalue weighted by Gasteiger charge is 2.24. The smallest absolute Gasteiger partial charge is 0.237 e. The monoisotopic (exact) mass is 304 g/mol. The van der Waals surface area contributed by atoms with Crippen LogP contribution in [0.25, 0.3) is 0 Å². The summed E-state index contributed by atoms with van der Waals surface area (Å²) in [7, 11) is 0. The first kappa shape index (κ1) is 16.9. The van der Waals surface area contributed by atoms with Crippen LogP contribution in [0.5, 0.6) is 0 Å².